The molecular formula is C18H31FN2. The summed E-state index contributed by atoms with van der Waals surface area (Å²) >= 11 is 0. The molecule has 1 aromatic carbocycles. The van der Waals surface area contributed by atoms with Gasteiger partial charge in [0.1, 0.15) is 5.82 Å². The Labute approximate surface area is 129 Å². The standard InChI is InChI=1S/C18H31FN2/c1-16(2)14-20-12-6-4-5-7-13-21(3)15-17-8-10-18(19)11-9-17/h8-11,16,20H,4-7,12-15H2,1-3H3. The third kappa shape index (κ3) is 9.59. The van der Waals surface area contributed by atoms with E-state index < -0.39 is 0 Å². The zero-order chi connectivity index (χ0) is 15.5. The van der Waals surface area contributed by atoms with Crippen molar-refractivity contribution >= 4 is 0 Å². The van der Waals surface area contributed by atoms with Crippen LogP contribution in [0.1, 0.15) is 45.1 Å². The Morgan fingerprint density at radius 2 is 1.71 bits per heavy atom. The maximum absolute atomic E-state index is 12.8. The van der Waals surface area contributed by atoms with Gasteiger partial charge in [0.25, 0.3) is 0 Å². The first-order valence-electron chi connectivity index (χ1n) is 8.21. The Morgan fingerprint density at radius 1 is 1.05 bits per heavy atom. The van der Waals surface area contributed by atoms with Gasteiger partial charge in [0.2, 0.25) is 0 Å². The molecule has 1 rings (SSSR count). The molecule has 0 aliphatic rings. The Hall–Kier alpha value is -0.930. The molecule has 0 aromatic heterocycles. The van der Waals surface area contributed by atoms with Crippen LogP contribution in [0.4, 0.5) is 4.39 Å². The zero-order valence-electron chi connectivity index (χ0n) is 13.9. The van der Waals surface area contributed by atoms with Crippen LogP contribution in [0.2, 0.25) is 0 Å². The van der Waals surface area contributed by atoms with E-state index in [0.717, 1.165) is 32.1 Å². The fraction of sp³-hybridized carbons (Fsp3) is 0.667. The Balaban J connectivity index is 1.98. The summed E-state index contributed by atoms with van der Waals surface area (Å²) in [5.41, 5.74) is 1.18. The predicted octanol–water partition coefficient (Wildman–Crippen LogP) is 4.06. The number of nitrogens with zero attached hydrogens (tertiary/aromatic N) is 1. The number of hydrogen-bond acceptors (Lipinski definition) is 2. The Kier molecular flexibility index (Phi) is 9.27. The van der Waals surface area contributed by atoms with Crippen LogP contribution >= 0.6 is 0 Å². The molecule has 0 bridgehead atoms. The highest BCUT2D eigenvalue weighted by molar-refractivity contribution is 5.15. The predicted molar refractivity (Wildman–Crippen MR) is 88.9 cm³/mol. The van der Waals surface area contributed by atoms with Crippen LogP contribution in [0, 0.1) is 11.7 Å². The van der Waals surface area contributed by atoms with Gasteiger partial charge in [0, 0.05) is 6.54 Å². The lowest BCUT2D eigenvalue weighted by Gasteiger charge is -2.16. The maximum atomic E-state index is 12.8. The van der Waals surface area contributed by atoms with Gasteiger partial charge >= 0.3 is 0 Å². The topological polar surface area (TPSA) is 15.3 Å². The van der Waals surface area contributed by atoms with E-state index in [0.29, 0.717) is 0 Å². The van der Waals surface area contributed by atoms with Gasteiger partial charge in [-0.1, -0.05) is 38.8 Å². The molecular weight excluding hydrogens is 263 g/mol. The van der Waals surface area contributed by atoms with Crippen LogP contribution < -0.4 is 5.32 Å². The van der Waals surface area contributed by atoms with Gasteiger partial charge in [-0.2, -0.15) is 0 Å². The molecule has 0 radical (unpaired) electrons. The molecule has 1 N–H and O–H groups in total. The number of nitrogens with one attached hydrogen (secondary N) is 1. The smallest absolute Gasteiger partial charge is 0.123 e. The largest absolute Gasteiger partial charge is 0.316 e. The zero-order valence-corrected chi connectivity index (χ0v) is 13.9. The molecule has 1 aromatic rings. The average molecular weight is 294 g/mol. The van der Waals surface area contributed by atoms with Crippen LogP contribution in [-0.2, 0) is 6.54 Å². The first-order chi connectivity index (χ1) is 10.1. The molecule has 0 heterocycles. The highest BCUT2D eigenvalue weighted by Crippen LogP contribution is 2.07. The minimum Gasteiger partial charge on any atom is -0.316 e. The molecule has 0 saturated heterocycles. The second-order valence-electron chi connectivity index (χ2n) is 6.38. The van der Waals surface area contributed by atoms with Crippen LogP contribution in [0.25, 0.3) is 0 Å². The van der Waals surface area contributed by atoms with Crippen LogP contribution in [0.3, 0.4) is 0 Å². The normalized spacial score (nSPS) is 11.5. The van der Waals surface area contributed by atoms with Gasteiger partial charge in [-0.3, -0.25) is 0 Å². The maximum Gasteiger partial charge on any atom is 0.123 e. The molecule has 2 nitrogen and oxygen atoms in total. The van der Waals surface area contributed by atoms with Gasteiger partial charge in [0.15, 0.2) is 0 Å². The van der Waals surface area contributed by atoms with E-state index in [4.69, 9.17) is 0 Å². The van der Waals surface area contributed by atoms with E-state index in [1.54, 1.807) is 0 Å². The van der Waals surface area contributed by atoms with Crippen molar-refractivity contribution in [2.45, 2.75) is 46.1 Å². The fourth-order valence-corrected chi connectivity index (χ4v) is 2.36. The fourth-order valence-electron chi connectivity index (χ4n) is 2.36. The molecule has 0 atom stereocenters. The molecule has 0 unspecified atom stereocenters. The molecule has 120 valence electrons. The summed E-state index contributed by atoms with van der Waals surface area (Å²) in [4.78, 5) is 2.31. The monoisotopic (exact) mass is 294 g/mol. The Morgan fingerprint density at radius 3 is 2.38 bits per heavy atom. The molecule has 0 aliphatic carbocycles. The van der Waals surface area contributed by atoms with Crippen molar-refractivity contribution in [3.63, 3.8) is 0 Å². The minimum absolute atomic E-state index is 0.160. The Bertz CT molecular complexity index is 362. The van der Waals surface area contributed by atoms with Crippen LogP contribution in [-0.4, -0.2) is 31.6 Å². The number of unbranched alkanes of at least 4 members (excludes halogenated alkanes) is 3. The lowest BCUT2D eigenvalue weighted by atomic mass is 10.1. The van der Waals surface area contributed by atoms with Crippen molar-refractivity contribution in [1.29, 1.82) is 0 Å². The summed E-state index contributed by atoms with van der Waals surface area (Å²) in [6.07, 6.45) is 5.10. The molecule has 0 saturated carbocycles. The highest BCUT2D eigenvalue weighted by atomic mass is 19.1. The summed E-state index contributed by atoms with van der Waals surface area (Å²) in [7, 11) is 2.13. The number of halogens is 1. The second-order valence-corrected chi connectivity index (χ2v) is 6.38. The number of rotatable bonds is 11. The van der Waals surface area contributed by atoms with E-state index in [-0.39, 0.29) is 5.82 Å². The quantitative estimate of drug-likeness (QED) is 0.619. The lowest BCUT2D eigenvalue weighted by Crippen LogP contribution is -2.21. The van der Waals surface area contributed by atoms with Crippen LogP contribution in [0.5, 0.6) is 0 Å². The summed E-state index contributed by atoms with van der Waals surface area (Å²) in [5, 5.41) is 3.48. The van der Waals surface area contributed by atoms with E-state index in [1.165, 1.54) is 43.4 Å². The summed E-state index contributed by atoms with van der Waals surface area (Å²) < 4.78 is 12.8. The lowest BCUT2D eigenvalue weighted by molar-refractivity contribution is 0.316. The van der Waals surface area contributed by atoms with Gasteiger partial charge in [0.05, 0.1) is 0 Å². The van der Waals surface area contributed by atoms with Crippen LogP contribution in [0.15, 0.2) is 24.3 Å². The third-order valence-corrected chi connectivity index (χ3v) is 3.56. The molecule has 0 aliphatic heterocycles. The van der Waals surface area contributed by atoms with Crippen molar-refractivity contribution in [3.05, 3.63) is 35.6 Å². The second kappa shape index (κ2) is 10.7. The van der Waals surface area contributed by atoms with E-state index >= 15 is 0 Å². The summed E-state index contributed by atoms with van der Waals surface area (Å²) in [6.45, 7) is 8.75. The van der Waals surface area contributed by atoms with Gasteiger partial charge < -0.3 is 10.2 Å². The van der Waals surface area contributed by atoms with E-state index in [2.05, 4.69) is 31.1 Å². The van der Waals surface area contributed by atoms with Gasteiger partial charge in [-0.15, -0.1) is 0 Å². The van der Waals surface area contributed by atoms with Gasteiger partial charge in [-0.25, -0.2) is 4.39 Å². The van der Waals surface area contributed by atoms with Crippen molar-refractivity contribution in [2.75, 3.05) is 26.7 Å². The van der Waals surface area contributed by atoms with Gasteiger partial charge in [-0.05, 0) is 63.1 Å². The van der Waals surface area contributed by atoms with Crippen molar-refractivity contribution in [3.8, 4) is 0 Å². The average Bonchev–Trinajstić information content (AvgIpc) is 2.44. The summed E-state index contributed by atoms with van der Waals surface area (Å²) in [5.74, 6) is 0.581. The van der Waals surface area contributed by atoms with Crippen molar-refractivity contribution in [2.24, 2.45) is 5.92 Å². The molecule has 0 fully saturated rings. The minimum atomic E-state index is -0.160. The van der Waals surface area contributed by atoms with Crippen molar-refractivity contribution in [1.82, 2.24) is 10.2 Å². The third-order valence-electron chi connectivity index (χ3n) is 3.56. The molecule has 0 amide bonds. The molecule has 0 spiro atoms. The molecule has 3 heteroatoms. The van der Waals surface area contributed by atoms with Crippen molar-refractivity contribution < 1.29 is 4.39 Å². The highest BCUT2D eigenvalue weighted by Gasteiger charge is 2.01. The SMILES string of the molecule is CC(C)CNCCCCCCN(C)Cc1ccc(F)cc1. The van der Waals surface area contributed by atoms with E-state index in [9.17, 15) is 4.39 Å². The number of benzene rings is 1. The summed E-state index contributed by atoms with van der Waals surface area (Å²) in [6, 6.07) is 6.80. The first-order valence-corrected chi connectivity index (χ1v) is 8.21. The molecule has 21 heavy (non-hydrogen) atoms. The van der Waals surface area contributed by atoms with E-state index in [1.807, 2.05) is 12.1 Å². The number of hydrogen-bond donors (Lipinski definition) is 1. The first kappa shape index (κ1) is 18.1.